The molecule has 22 heteroatoms. The van der Waals surface area contributed by atoms with E-state index in [2.05, 4.69) is 16.1 Å². The van der Waals surface area contributed by atoms with Crippen LogP contribution in [0.15, 0.2) is 23.3 Å². The maximum Gasteiger partial charge on any atom is 0.331 e. The number of amides is 6. The fraction of sp³-hybridized carbons (Fsp3) is 0.760. The number of nitrogens with zero attached hydrogens (tertiary/aromatic N) is 4. The Morgan fingerprint density at radius 1 is 0.972 bits per heavy atom. The van der Waals surface area contributed by atoms with Gasteiger partial charge in [0.05, 0.1) is 18.8 Å². The number of ether oxygens (including phenoxy) is 3. The van der Waals surface area contributed by atoms with Crippen molar-refractivity contribution in [3.63, 3.8) is 0 Å². The number of hydroxylamine groups is 2. The number of carbonyl (C=O) groups is 8. The first kappa shape index (κ1) is 59.7. The van der Waals surface area contributed by atoms with E-state index in [9.17, 15) is 54.1 Å². The standard InChI is InChI=1S/C50H81N7O15/c1-13-28(6)39(59)33(14-2)25-30(8)41-29(7)21-22-50(68,72-41)49(67,15-3)48(66)53-38-40(27(4)5)71-47(65)37(32(10)58)52-42(60)34-19-16-17-24-55(34)43(61)31(9)54(11)44(62)36(26-70-12)57(69)45(63)35-20-18-23-51-56(35)46(38)64/h13,25,27,29,31-38,40-41,51,58,67-69H,14-24,26H2,1-12H3,(H,52,60)(H,53,66)/b28-13+,30-25+/t29-,31+,32-,33-,34-,35+,36-,37+,38-,40-,41-,49+,50+/m0/s1. The summed E-state index contributed by atoms with van der Waals surface area (Å²) in [6.45, 7) is 15.7. The number of nitrogens with one attached hydrogen (secondary N) is 3. The van der Waals surface area contributed by atoms with Crippen molar-refractivity contribution < 1.29 is 73.1 Å². The highest BCUT2D eigenvalue weighted by molar-refractivity contribution is 5.99. The average Bonchev–Trinajstić information content (AvgIpc) is 3.37. The van der Waals surface area contributed by atoms with Gasteiger partial charge in [0, 0.05) is 39.6 Å². The number of piperidine rings is 1. The smallest absolute Gasteiger partial charge is 0.331 e. The third-order valence-corrected chi connectivity index (χ3v) is 14.9. The van der Waals surface area contributed by atoms with Crippen molar-refractivity contribution in [2.24, 2.45) is 17.8 Å². The molecule has 0 aromatic rings. The second-order valence-electron chi connectivity index (χ2n) is 20.2. The van der Waals surface area contributed by atoms with E-state index in [4.69, 9.17) is 14.2 Å². The average molecular weight is 1020 g/mol. The number of Topliss-reactive ketones (excluding diaryl/α,β-unsaturated/α-hetero) is 1. The van der Waals surface area contributed by atoms with Crippen LogP contribution in [-0.2, 0) is 52.6 Å². The quantitative estimate of drug-likeness (QED) is 0.0587. The van der Waals surface area contributed by atoms with Crippen molar-refractivity contribution in [2.45, 2.75) is 193 Å². The van der Waals surface area contributed by atoms with Gasteiger partial charge in [-0.25, -0.2) is 15.3 Å². The van der Waals surface area contributed by atoms with Crippen LogP contribution in [0.3, 0.4) is 0 Å². The molecule has 0 saturated carbocycles. The second kappa shape index (κ2) is 25.4. The molecule has 4 saturated heterocycles. The molecule has 72 heavy (non-hydrogen) atoms. The number of likely N-dealkylation sites (N-methyl/N-ethyl adjacent to an activating group) is 1. The van der Waals surface area contributed by atoms with E-state index < -0.39 is 132 Å². The van der Waals surface area contributed by atoms with Crippen molar-refractivity contribution in [3.8, 4) is 0 Å². The van der Waals surface area contributed by atoms with Crippen LogP contribution in [0.4, 0.5) is 0 Å². The first-order chi connectivity index (χ1) is 33.8. The number of hydrogen-bond acceptors (Lipinski definition) is 16. The normalized spacial score (nSPS) is 32.1. The molecule has 0 aromatic heterocycles. The Labute approximate surface area is 423 Å². The summed E-state index contributed by atoms with van der Waals surface area (Å²) in [6.07, 6.45) is 0.583. The van der Waals surface area contributed by atoms with Gasteiger partial charge < -0.3 is 50.0 Å². The van der Waals surface area contributed by atoms with Gasteiger partial charge in [0.1, 0.15) is 30.3 Å². The molecular weight excluding hydrogens is 939 g/mol. The summed E-state index contributed by atoms with van der Waals surface area (Å²) in [5.41, 5.74) is 1.17. The predicted molar refractivity (Wildman–Crippen MR) is 259 cm³/mol. The van der Waals surface area contributed by atoms with Gasteiger partial charge in [0.2, 0.25) is 17.6 Å². The van der Waals surface area contributed by atoms with Gasteiger partial charge >= 0.3 is 5.97 Å². The molecular formula is C50H81N7O15. The molecule has 4 rings (SSSR count). The van der Waals surface area contributed by atoms with E-state index >= 15 is 4.79 Å². The number of carbonyl (C=O) groups excluding carboxylic acids is 8. The zero-order chi connectivity index (χ0) is 54.2. The minimum atomic E-state index is -2.81. The maximum atomic E-state index is 15.3. The molecule has 13 atom stereocenters. The number of rotatable bonds is 13. The predicted octanol–water partition coefficient (Wildman–Crippen LogP) is 1.03. The van der Waals surface area contributed by atoms with Crippen LogP contribution < -0.4 is 16.1 Å². The summed E-state index contributed by atoms with van der Waals surface area (Å²) in [6, 6.07) is -9.55. The second-order valence-corrected chi connectivity index (χ2v) is 20.2. The summed E-state index contributed by atoms with van der Waals surface area (Å²) in [7, 11) is 2.51. The molecule has 4 fully saturated rings. The number of fused-ring (bicyclic) bond motifs is 2. The van der Waals surface area contributed by atoms with Gasteiger partial charge in [-0.2, -0.15) is 0 Å². The number of hydrogen-bond donors (Lipinski definition) is 7. The molecule has 22 nitrogen and oxygen atoms in total. The zero-order valence-electron chi connectivity index (χ0n) is 44.1. The fourth-order valence-electron chi connectivity index (χ4n) is 9.97. The Morgan fingerprint density at radius 2 is 1.62 bits per heavy atom. The number of ketones is 1. The molecule has 0 spiro atoms. The number of allylic oxidation sites excluding steroid dienone is 3. The first-order valence-corrected chi connectivity index (χ1v) is 25.4. The number of cyclic esters (lactones) is 1. The molecule has 6 amide bonds. The summed E-state index contributed by atoms with van der Waals surface area (Å²) in [5.74, 6) is -11.6. The van der Waals surface area contributed by atoms with E-state index in [1.807, 2.05) is 13.8 Å². The molecule has 0 aliphatic carbocycles. The van der Waals surface area contributed by atoms with Crippen LogP contribution in [0.25, 0.3) is 0 Å². The Hall–Kier alpha value is -4.84. The van der Waals surface area contributed by atoms with E-state index in [1.165, 1.54) is 39.8 Å². The number of hydrazine groups is 1. The molecule has 406 valence electrons. The Morgan fingerprint density at radius 3 is 2.21 bits per heavy atom. The summed E-state index contributed by atoms with van der Waals surface area (Å²) in [5, 5.41) is 53.6. The van der Waals surface area contributed by atoms with Crippen LogP contribution in [0.1, 0.15) is 127 Å². The van der Waals surface area contributed by atoms with Crippen molar-refractivity contribution in [3.05, 3.63) is 23.3 Å². The van der Waals surface area contributed by atoms with Gasteiger partial charge in [-0.3, -0.25) is 43.8 Å². The van der Waals surface area contributed by atoms with Crippen LogP contribution in [-0.4, -0.2) is 187 Å². The first-order valence-electron chi connectivity index (χ1n) is 25.4. The van der Waals surface area contributed by atoms with E-state index in [0.29, 0.717) is 30.4 Å². The SMILES string of the molecule is C/C=C(\C)C(=O)[C@H](/C=C(\C)[C@H]1O[C@@](O)([C@@](O)(CC)C(=O)N[C@@H]2C(=O)N3NCCC[C@@H]3C(=O)N(O)[C@@H](COC)C(=O)N(C)[C@H](C)C(=O)N3CCCC[C@H]3C(=O)N[C@H]([C@H](C)O)C(=O)O[C@H]2C(C)C)CC[C@@H]1C)CC. The lowest BCUT2D eigenvalue weighted by molar-refractivity contribution is -0.325. The van der Waals surface area contributed by atoms with Crippen molar-refractivity contribution in [1.29, 1.82) is 0 Å². The number of aliphatic hydroxyl groups excluding tert-OH is 1. The molecule has 4 aliphatic rings. The zero-order valence-corrected chi connectivity index (χ0v) is 44.1. The van der Waals surface area contributed by atoms with Crippen molar-refractivity contribution >= 4 is 47.2 Å². The van der Waals surface area contributed by atoms with Crippen molar-refractivity contribution in [2.75, 3.05) is 33.9 Å². The number of methoxy groups -OCH3 is 1. The largest absolute Gasteiger partial charge is 0.458 e. The fourth-order valence-corrected chi connectivity index (χ4v) is 9.97. The highest BCUT2D eigenvalue weighted by Crippen LogP contribution is 2.42. The minimum Gasteiger partial charge on any atom is -0.458 e. The van der Waals surface area contributed by atoms with Crippen LogP contribution in [0.2, 0.25) is 0 Å². The summed E-state index contributed by atoms with van der Waals surface area (Å²) < 4.78 is 17.6. The molecule has 4 aliphatic heterocycles. The highest BCUT2D eigenvalue weighted by atomic mass is 16.7. The lowest BCUT2D eigenvalue weighted by Crippen LogP contribution is -2.71. The Balaban J connectivity index is 1.88. The van der Waals surface area contributed by atoms with Crippen LogP contribution in [0, 0.1) is 17.8 Å². The maximum absolute atomic E-state index is 15.3. The topological polar surface area (TPSA) is 294 Å². The third-order valence-electron chi connectivity index (χ3n) is 14.9. The molecule has 0 unspecified atom stereocenters. The molecule has 0 bridgehead atoms. The summed E-state index contributed by atoms with van der Waals surface area (Å²) >= 11 is 0. The molecule has 0 radical (unpaired) electrons. The van der Waals surface area contributed by atoms with E-state index in [-0.39, 0.29) is 62.0 Å². The van der Waals surface area contributed by atoms with Crippen LogP contribution in [0.5, 0.6) is 0 Å². The van der Waals surface area contributed by atoms with Gasteiger partial charge in [-0.15, -0.1) is 0 Å². The lowest BCUT2D eigenvalue weighted by atomic mass is 9.78. The summed E-state index contributed by atoms with van der Waals surface area (Å²) in [4.78, 5) is 117. The Kier molecular flexibility index (Phi) is 21.1. The van der Waals surface area contributed by atoms with Gasteiger partial charge in [-0.1, -0.05) is 46.8 Å². The van der Waals surface area contributed by atoms with Gasteiger partial charge in [0.25, 0.3) is 23.6 Å². The van der Waals surface area contributed by atoms with Gasteiger partial charge in [0.15, 0.2) is 23.5 Å². The van der Waals surface area contributed by atoms with Crippen molar-refractivity contribution in [1.82, 2.24) is 35.9 Å². The van der Waals surface area contributed by atoms with Crippen LogP contribution >= 0.6 is 0 Å². The molecule has 0 aromatic carbocycles. The molecule has 7 N–H and O–H groups in total. The highest BCUT2D eigenvalue weighted by Gasteiger charge is 2.59. The number of aliphatic hydroxyl groups is 3. The number of esters is 1. The third kappa shape index (κ3) is 12.7. The van der Waals surface area contributed by atoms with E-state index in [1.54, 1.807) is 46.8 Å². The monoisotopic (exact) mass is 1020 g/mol. The Bertz CT molecular complexity index is 2070. The van der Waals surface area contributed by atoms with E-state index in [0.717, 1.165) is 9.91 Å². The lowest BCUT2D eigenvalue weighted by Gasteiger charge is -2.49. The van der Waals surface area contributed by atoms with Gasteiger partial charge in [-0.05, 0) is 109 Å². The minimum absolute atomic E-state index is 0.0854. The molecule has 4 heterocycles.